The number of carbonyl (C=O) groups is 1. The molecule has 1 unspecified atom stereocenters. The first kappa shape index (κ1) is 12.4. The van der Waals surface area contributed by atoms with Crippen molar-refractivity contribution in [2.45, 2.75) is 45.6 Å². The highest BCUT2D eigenvalue weighted by Crippen LogP contribution is 2.48. The fraction of sp³-hybridized carbons (Fsp3) is 0.643. The third kappa shape index (κ3) is 3.03. The van der Waals surface area contributed by atoms with Gasteiger partial charge in [-0.25, -0.2) is 4.79 Å². The van der Waals surface area contributed by atoms with Crippen molar-refractivity contribution in [2.24, 2.45) is 11.8 Å². The number of allylic oxidation sites excluding steroid dienone is 1. The number of aryl methyl sites for hydroxylation is 1. The monoisotopic (exact) mass is 262 g/mol. The van der Waals surface area contributed by atoms with E-state index in [2.05, 4.69) is 10.2 Å². The lowest BCUT2D eigenvalue weighted by Crippen LogP contribution is -2.08. The summed E-state index contributed by atoms with van der Waals surface area (Å²) in [6.45, 7) is 3.45. The summed E-state index contributed by atoms with van der Waals surface area (Å²) in [5, 5.41) is 7.59. The summed E-state index contributed by atoms with van der Waals surface area (Å²) < 4.78 is 10.6. The number of rotatable bonds is 5. The lowest BCUT2D eigenvalue weighted by molar-refractivity contribution is -0.143. The molecule has 2 aliphatic carbocycles. The van der Waals surface area contributed by atoms with Crippen LogP contribution in [0, 0.1) is 18.8 Å². The van der Waals surface area contributed by atoms with E-state index in [9.17, 15) is 4.79 Å². The van der Waals surface area contributed by atoms with Crippen LogP contribution in [0.25, 0.3) is 0 Å². The van der Waals surface area contributed by atoms with Crippen molar-refractivity contribution in [2.75, 3.05) is 0 Å². The van der Waals surface area contributed by atoms with Crippen molar-refractivity contribution >= 4 is 5.97 Å². The summed E-state index contributed by atoms with van der Waals surface area (Å²) in [6, 6.07) is 0. The number of ether oxygens (including phenoxy) is 1. The van der Waals surface area contributed by atoms with Gasteiger partial charge in [0, 0.05) is 13.0 Å². The smallest absolute Gasteiger partial charge is 0.331 e. The standard InChI is InChI=1S/C14H18N2O3/c1-8(14-16-15-9(2)19-14)18-13(17)7-12(10-3-4-10)11-5-6-11/h7-8,10-11H,3-6H2,1-2H3. The summed E-state index contributed by atoms with van der Waals surface area (Å²) in [5.41, 5.74) is 1.29. The Morgan fingerprint density at radius 3 is 2.42 bits per heavy atom. The zero-order valence-electron chi connectivity index (χ0n) is 11.3. The maximum Gasteiger partial charge on any atom is 0.331 e. The van der Waals surface area contributed by atoms with Gasteiger partial charge in [0.15, 0.2) is 6.10 Å². The molecule has 0 aliphatic heterocycles. The van der Waals surface area contributed by atoms with Gasteiger partial charge in [-0.15, -0.1) is 10.2 Å². The molecular weight excluding hydrogens is 244 g/mol. The highest BCUT2D eigenvalue weighted by atomic mass is 16.6. The fourth-order valence-electron chi connectivity index (χ4n) is 2.27. The van der Waals surface area contributed by atoms with Crippen LogP contribution in [0.2, 0.25) is 0 Å². The van der Waals surface area contributed by atoms with Gasteiger partial charge >= 0.3 is 5.97 Å². The number of aromatic nitrogens is 2. The second-order valence-corrected chi connectivity index (χ2v) is 5.43. The number of nitrogens with zero attached hydrogens (tertiary/aromatic N) is 2. The van der Waals surface area contributed by atoms with Crippen LogP contribution in [0.4, 0.5) is 0 Å². The van der Waals surface area contributed by atoms with Crippen molar-refractivity contribution in [3.63, 3.8) is 0 Å². The molecule has 2 fully saturated rings. The van der Waals surface area contributed by atoms with E-state index in [0.29, 0.717) is 23.6 Å². The van der Waals surface area contributed by atoms with Crippen LogP contribution in [-0.4, -0.2) is 16.2 Å². The first-order valence-corrected chi connectivity index (χ1v) is 6.85. The first-order valence-electron chi connectivity index (χ1n) is 6.85. The second kappa shape index (κ2) is 4.79. The van der Waals surface area contributed by atoms with Gasteiger partial charge in [-0.05, 0) is 44.4 Å². The third-order valence-corrected chi connectivity index (χ3v) is 3.56. The summed E-state index contributed by atoms with van der Waals surface area (Å²) >= 11 is 0. The Labute approximate surface area is 112 Å². The van der Waals surface area contributed by atoms with Gasteiger partial charge in [0.25, 0.3) is 5.89 Å². The summed E-state index contributed by atoms with van der Waals surface area (Å²) in [7, 11) is 0. The number of hydrogen-bond donors (Lipinski definition) is 0. The van der Waals surface area contributed by atoms with Crippen LogP contribution in [0.5, 0.6) is 0 Å². The zero-order valence-corrected chi connectivity index (χ0v) is 11.3. The van der Waals surface area contributed by atoms with Gasteiger partial charge in [-0.2, -0.15) is 0 Å². The van der Waals surface area contributed by atoms with Crippen LogP contribution >= 0.6 is 0 Å². The summed E-state index contributed by atoms with van der Waals surface area (Å²) in [6.07, 6.45) is 6.06. The van der Waals surface area contributed by atoms with Gasteiger partial charge in [0.2, 0.25) is 5.89 Å². The van der Waals surface area contributed by atoms with Crippen LogP contribution in [0.3, 0.4) is 0 Å². The lowest BCUT2D eigenvalue weighted by atomic mass is 10.1. The molecule has 0 spiro atoms. The van der Waals surface area contributed by atoms with Crippen molar-refractivity contribution in [1.82, 2.24) is 10.2 Å². The predicted molar refractivity (Wildman–Crippen MR) is 67.1 cm³/mol. The average molecular weight is 262 g/mol. The Kier molecular flexibility index (Phi) is 3.12. The minimum absolute atomic E-state index is 0.294. The van der Waals surface area contributed by atoms with E-state index in [1.54, 1.807) is 19.9 Å². The normalized spacial score (nSPS) is 19.9. The number of carbonyl (C=O) groups excluding carboxylic acids is 1. The van der Waals surface area contributed by atoms with Crippen LogP contribution in [0.15, 0.2) is 16.1 Å². The van der Waals surface area contributed by atoms with Crippen LogP contribution in [-0.2, 0) is 9.53 Å². The van der Waals surface area contributed by atoms with Gasteiger partial charge in [-0.3, -0.25) is 0 Å². The average Bonchev–Trinajstić information content (AvgIpc) is 3.26. The SMILES string of the molecule is Cc1nnc(C(C)OC(=O)C=C(C2CC2)C2CC2)o1. The Balaban J connectivity index is 1.62. The van der Waals surface area contributed by atoms with Crippen LogP contribution < -0.4 is 0 Å². The van der Waals surface area contributed by atoms with E-state index in [1.807, 2.05) is 0 Å². The Morgan fingerprint density at radius 2 is 1.95 bits per heavy atom. The van der Waals surface area contributed by atoms with E-state index in [4.69, 9.17) is 9.15 Å². The molecule has 1 heterocycles. The molecule has 1 aromatic heterocycles. The molecule has 0 N–H and O–H groups in total. The van der Waals surface area contributed by atoms with Gasteiger partial charge in [0.1, 0.15) is 0 Å². The minimum Gasteiger partial charge on any atom is -0.449 e. The first-order chi connectivity index (χ1) is 9.13. The van der Waals surface area contributed by atoms with Gasteiger partial charge < -0.3 is 9.15 Å². The van der Waals surface area contributed by atoms with Crippen molar-refractivity contribution in [3.8, 4) is 0 Å². The van der Waals surface area contributed by atoms with Crippen molar-refractivity contribution < 1.29 is 13.9 Å². The Morgan fingerprint density at radius 1 is 1.32 bits per heavy atom. The lowest BCUT2D eigenvalue weighted by Gasteiger charge is -2.08. The molecule has 0 amide bonds. The van der Waals surface area contributed by atoms with E-state index in [0.717, 1.165) is 0 Å². The zero-order chi connectivity index (χ0) is 13.4. The molecule has 19 heavy (non-hydrogen) atoms. The molecule has 5 heteroatoms. The molecule has 0 bridgehead atoms. The maximum atomic E-state index is 11.9. The number of hydrogen-bond acceptors (Lipinski definition) is 5. The highest BCUT2D eigenvalue weighted by Gasteiger charge is 2.37. The molecular formula is C14H18N2O3. The molecule has 2 aliphatic rings. The third-order valence-electron chi connectivity index (χ3n) is 3.56. The Bertz CT molecular complexity index is 499. The molecule has 0 saturated heterocycles. The Hall–Kier alpha value is -1.65. The molecule has 2 saturated carbocycles. The molecule has 1 atom stereocenters. The fourth-order valence-corrected chi connectivity index (χ4v) is 2.27. The quantitative estimate of drug-likeness (QED) is 0.603. The molecule has 3 rings (SSSR count). The van der Waals surface area contributed by atoms with E-state index >= 15 is 0 Å². The summed E-state index contributed by atoms with van der Waals surface area (Å²) in [4.78, 5) is 11.9. The molecule has 102 valence electrons. The van der Waals surface area contributed by atoms with Crippen LogP contribution in [0.1, 0.15) is 50.5 Å². The van der Waals surface area contributed by atoms with E-state index < -0.39 is 6.10 Å². The van der Waals surface area contributed by atoms with E-state index in [1.165, 1.54) is 31.3 Å². The largest absolute Gasteiger partial charge is 0.449 e. The van der Waals surface area contributed by atoms with Crippen molar-refractivity contribution in [3.05, 3.63) is 23.4 Å². The van der Waals surface area contributed by atoms with Gasteiger partial charge in [-0.1, -0.05) is 5.57 Å². The molecule has 0 aromatic carbocycles. The topological polar surface area (TPSA) is 65.2 Å². The highest BCUT2D eigenvalue weighted by molar-refractivity contribution is 5.83. The summed E-state index contributed by atoms with van der Waals surface area (Å²) in [5.74, 6) is 1.78. The number of esters is 1. The molecule has 5 nitrogen and oxygen atoms in total. The second-order valence-electron chi connectivity index (χ2n) is 5.43. The van der Waals surface area contributed by atoms with Gasteiger partial charge in [0.05, 0.1) is 0 Å². The molecule has 0 radical (unpaired) electrons. The predicted octanol–water partition coefficient (Wildman–Crippen LogP) is 2.73. The van der Waals surface area contributed by atoms with E-state index in [-0.39, 0.29) is 5.97 Å². The maximum absolute atomic E-state index is 11.9. The van der Waals surface area contributed by atoms with Crippen molar-refractivity contribution in [1.29, 1.82) is 0 Å². The minimum atomic E-state index is -0.496. The molecule has 1 aromatic rings.